The van der Waals surface area contributed by atoms with Crippen LogP contribution in [0.5, 0.6) is 0 Å². The van der Waals surface area contributed by atoms with Crippen molar-refractivity contribution in [1.29, 1.82) is 0 Å². The van der Waals surface area contributed by atoms with E-state index in [1.807, 2.05) is 83.9 Å². The molecule has 18 amide bonds. The van der Waals surface area contributed by atoms with Gasteiger partial charge in [0.15, 0.2) is 0 Å². The van der Waals surface area contributed by atoms with Crippen LogP contribution in [-0.4, -0.2) is 287 Å². The maximum atomic E-state index is 14.6. The molecule has 14 fully saturated rings. The van der Waals surface area contributed by atoms with Gasteiger partial charge in [0, 0.05) is 97.8 Å². The van der Waals surface area contributed by atoms with Crippen molar-refractivity contribution in [2.75, 3.05) is 78.5 Å². The number of likely N-dealkylation sites (tertiary alicyclic amines) is 6. The van der Waals surface area contributed by atoms with Crippen LogP contribution in [0, 0.1) is 97.6 Å². The van der Waals surface area contributed by atoms with E-state index in [0.717, 1.165) is 154 Å². The lowest BCUT2D eigenvalue weighted by molar-refractivity contribution is -0.145. The summed E-state index contributed by atoms with van der Waals surface area (Å²) in [6.45, 7) is 47.1. The van der Waals surface area contributed by atoms with Crippen molar-refractivity contribution in [1.82, 2.24) is 93.2 Å². The lowest BCUT2D eigenvalue weighted by Crippen LogP contribution is -2.62. The molecule has 14 aliphatic rings. The minimum Gasteiger partial charge on any atom is -0.346 e. The summed E-state index contributed by atoms with van der Waals surface area (Å²) in [5.74, 6) is -5.21. The van der Waals surface area contributed by atoms with Gasteiger partial charge in [-0.3, -0.25) is 71.9 Å². The van der Waals surface area contributed by atoms with Gasteiger partial charge in [-0.25, -0.2) is 14.4 Å². The van der Waals surface area contributed by atoms with Crippen molar-refractivity contribution >= 4 is 106 Å². The predicted octanol–water partition coefficient (Wildman–Crippen LogP) is 10.3. The molecule has 836 valence electrons. The maximum Gasteiger partial charge on any atom is 0.315 e. The number of carbonyl (C=O) groups is 18. The molecule has 8 aliphatic carbocycles. The van der Waals surface area contributed by atoms with E-state index in [-0.39, 0.29) is 161 Å². The van der Waals surface area contributed by atoms with Gasteiger partial charge < -0.3 is 93.2 Å². The fourth-order valence-electron chi connectivity index (χ4n) is 26.1. The minimum absolute atomic E-state index is 0.0932. The zero-order valence-electron chi connectivity index (χ0n) is 93.0. The first-order valence-corrected chi connectivity index (χ1v) is 57.0. The predicted molar refractivity (Wildman–Crippen MR) is 571 cm³/mol. The van der Waals surface area contributed by atoms with E-state index in [9.17, 15) is 86.3 Å². The van der Waals surface area contributed by atoms with Crippen molar-refractivity contribution in [3.05, 3.63) is 38.0 Å². The summed E-state index contributed by atoms with van der Waals surface area (Å²) in [6.07, 6.45) is 33.9. The molecule has 150 heavy (non-hydrogen) atoms. The van der Waals surface area contributed by atoms with Gasteiger partial charge in [0.05, 0.1) is 36.3 Å². The second-order valence-corrected chi connectivity index (χ2v) is 51.1. The van der Waals surface area contributed by atoms with Crippen LogP contribution in [0.3, 0.4) is 0 Å². The Hall–Kier alpha value is -10.3. The third kappa shape index (κ3) is 29.6. The number of ketones is 3. The molecule has 0 bridgehead atoms. The van der Waals surface area contributed by atoms with Gasteiger partial charge in [-0.05, 0) is 194 Å². The summed E-state index contributed by atoms with van der Waals surface area (Å²) in [4.78, 5) is 253. The normalized spacial score (nSPS) is 26.2. The number of nitrogens with zero attached hydrogens (tertiary/aromatic N) is 6. The van der Waals surface area contributed by atoms with Crippen molar-refractivity contribution in [3.63, 3.8) is 0 Å². The van der Waals surface area contributed by atoms with Crippen LogP contribution in [0.1, 0.15) is 323 Å². The molecular weight excluding hydrogens is 1910 g/mol. The van der Waals surface area contributed by atoms with Gasteiger partial charge in [-0.2, -0.15) is 0 Å². The van der Waals surface area contributed by atoms with Crippen molar-refractivity contribution < 1.29 is 86.3 Å². The van der Waals surface area contributed by atoms with Crippen molar-refractivity contribution in [2.24, 2.45) is 97.6 Å². The molecule has 0 radical (unpaired) electrons. The number of urea groups is 3. The highest BCUT2D eigenvalue weighted by atomic mass is 16.2. The van der Waals surface area contributed by atoms with Crippen LogP contribution >= 0.6 is 0 Å². The molecule has 12 N–H and O–H groups in total. The van der Waals surface area contributed by atoms with Crippen molar-refractivity contribution in [3.8, 4) is 0 Å². The van der Waals surface area contributed by atoms with Crippen molar-refractivity contribution in [2.45, 2.75) is 395 Å². The number of fused-ring (bicyclic) bond motifs is 3. The van der Waals surface area contributed by atoms with Crippen LogP contribution in [0.4, 0.5) is 14.4 Å². The summed E-state index contributed by atoms with van der Waals surface area (Å²) in [5, 5.41) is 34.7. The monoisotopic (exact) mass is 2090 g/mol. The lowest BCUT2D eigenvalue weighted by Gasteiger charge is -2.39. The molecule has 18 atom stereocenters. The molecule has 36 nitrogen and oxygen atoms in total. The lowest BCUT2D eigenvalue weighted by atomic mass is 9.80. The number of carbonyl (C=O) groups excluding carboxylic acids is 18. The van der Waals surface area contributed by atoms with Gasteiger partial charge in [-0.15, -0.1) is 19.7 Å². The van der Waals surface area contributed by atoms with Gasteiger partial charge in [0.1, 0.15) is 36.3 Å². The highest BCUT2D eigenvalue weighted by Gasteiger charge is 2.73. The summed E-state index contributed by atoms with van der Waals surface area (Å²) in [7, 11) is 0. The van der Waals surface area contributed by atoms with E-state index in [1.165, 1.54) is 31.1 Å². The van der Waals surface area contributed by atoms with Gasteiger partial charge in [-0.1, -0.05) is 225 Å². The molecule has 3 unspecified atom stereocenters. The van der Waals surface area contributed by atoms with Crippen LogP contribution in [-0.2, 0) is 71.9 Å². The van der Waals surface area contributed by atoms with Crippen LogP contribution < -0.4 is 63.8 Å². The molecule has 0 aromatic rings. The Labute approximate surface area is 890 Å². The molecule has 36 heteroatoms. The first-order chi connectivity index (χ1) is 70.9. The van der Waals surface area contributed by atoms with Gasteiger partial charge >= 0.3 is 18.1 Å². The minimum atomic E-state index is -1.02. The fourth-order valence-corrected chi connectivity index (χ4v) is 26.1. The smallest absolute Gasteiger partial charge is 0.315 e. The molecule has 14 rings (SSSR count). The summed E-state index contributed by atoms with van der Waals surface area (Å²) in [5.41, 5.74) is -2.58. The highest BCUT2D eigenvalue weighted by molar-refractivity contribution is 6.39. The number of Topliss-reactive ketones (excluding diaryl/α,β-unsaturated/α-hetero) is 3. The summed E-state index contributed by atoms with van der Waals surface area (Å²) >= 11 is 0. The second-order valence-electron chi connectivity index (χ2n) is 51.1. The van der Waals surface area contributed by atoms with E-state index < -0.39 is 142 Å². The SMILES string of the molecule is C=CCNC(=O)C(=O)C(CC1CC1)NC(=O)[C@@H]1[C@@H]2[C@H](CN1C(=O)[C@@H](NC(=O)N[C@H](CN1CCCCC1=O)C1CCCCC1)C(C)(C)C)C2(C)C.C=CCNC(=O)C(=O)C(CC1CCC1)NC(=O)[C@@H]1[C@@H]2[C@H](CN1C(=O)[C@@H](NC(=O)N[C@H](CN1CCCCC1=O)C1CCCCC1)C(C)(C)C)C2(C)C.C=CCNC(=O)C(=O)C(CCC)NC(=O)[C@@H]1[C@@H]2[C@H](CN1C(=O)[C@@H](NC(=O)N[C@H](CN1CCCCC1=O)C1CCCCC1)C(C)(C)C)C2(C)C. The Balaban J connectivity index is 0.000000199. The average molecular weight is 2090 g/mol. The zero-order chi connectivity index (χ0) is 110. The number of hydrogen-bond acceptors (Lipinski definition) is 18. The molecule has 6 saturated heterocycles. The Morgan fingerprint density at radius 3 is 0.847 bits per heavy atom. The van der Waals surface area contributed by atoms with E-state index in [2.05, 4.69) is 125 Å². The largest absolute Gasteiger partial charge is 0.346 e. The topological polar surface area (TPSA) is 471 Å². The molecule has 0 spiro atoms. The van der Waals surface area contributed by atoms with Crippen LogP contribution in [0.2, 0.25) is 0 Å². The Kier molecular flexibility index (Phi) is 40.4. The molecule has 0 aromatic heterocycles. The third-order valence-corrected chi connectivity index (χ3v) is 36.0. The zero-order valence-corrected chi connectivity index (χ0v) is 93.0. The highest BCUT2D eigenvalue weighted by Crippen LogP contribution is 2.67. The third-order valence-electron chi connectivity index (χ3n) is 36.0. The van der Waals surface area contributed by atoms with Gasteiger partial charge in [0.2, 0.25) is 70.5 Å². The summed E-state index contributed by atoms with van der Waals surface area (Å²) < 4.78 is 0. The quantitative estimate of drug-likeness (QED) is 0.0200. The van der Waals surface area contributed by atoms with E-state index in [0.29, 0.717) is 97.4 Å². The summed E-state index contributed by atoms with van der Waals surface area (Å²) in [6, 6.07) is -10.4. The van der Waals surface area contributed by atoms with Gasteiger partial charge in [0.25, 0.3) is 17.7 Å². The van der Waals surface area contributed by atoms with E-state index in [4.69, 9.17) is 0 Å². The first-order valence-electron chi connectivity index (χ1n) is 57.0. The van der Waals surface area contributed by atoms with Crippen LogP contribution in [0.15, 0.2) is 38.0 Å². The maximum absolute atomic E-state index is 14.6. The molecule has 6 heterocycles. The molecule has 0 aromatic carbocycles. The molecule has 6 aliphatic heterocycles. The number of amides is 18. The van der Waals surface area contributed by atoms with E-state index >= 15 is 0 Å². The molecular formula is C114H182N18O18. The fraction of sp³-hybridized carbons (Fsp3) is 0.789. The standard InChI is InChI=1S/C39H62N6O6.C38H60N6O6.C37H60N6O6/c1-7-19-40-35(49)32(47)27(21-24-14-13-15-24)41-34(48)31-30-26(39(30,5)6)22-45(31)36(50)33(38(2,3)4)43-37(51)42-28(25-16-9-8-10-17-25)23-44-20-12-11-18-29(44)46;1-7-18-39-34(48)31(46)26(20-23-16-17-23)40-33(47)30-29-25(38(29,5)6)21-44(30)35(49)32(37(2,3)4)42-36(50)41-27(24-13-9-8-10-14-24)22-43-19-12-11-15-28(43)45;1-8-15-25(30(45)33(47)38-19-9-2)39-32(46)29-28-24(37(28,6)7)21-43(29)34(48)31(36(3,4)5)41-35(49)40-26(23-16-11-10-12-17-23)22-42-20-14-13-18-27(42)44/h7,24-28,30-31,33H,1,8-23H2,2-6H3,(H,40,49)(H,41,48)(H2,42,43,51);7,23-27,29-30,32H,1,8-22H2,2-6H3,(H,39,48)(H,40,47)(H2,41,42,50);9,23-26,28-29,31H,2,8,10-22H2,1,3-7H3,(H,38,47)(H,39,46)(H2,40,41,49)/t26-,27?,28+,30-,31-,33+;25-,26?,27+,29-,30-,32+;24-,25?,26+,28-,29-,31+/m000/s1. The number of nitrogens with one attached hydrogen (secondary N) is 12. The van der Waals surface area contributed by atoms with E-state index in [1.54, 1.807) is 14.7 Å². The average Bonchev–Trinajstić information content (AvgIpc) is 1.53. The number of piperidine rings is 6. The Morgan fingerprint density at radius 1 is 0.340 bits per heavy atom. The number of rotatable bonds is 42. The second kappa shape index (κ2) is 51.2. The first kappa shape index (κ1) is 118. The Morgan fingerprint density at radius 2 is 0.607 bits per heavy atom. The Bertz CT molecular complexity index is 4890. The van der Waals surface area contributed by atoms with Crippen LogP contribution in [0.25, 0.3) is 0 Å². The number of hydrogen-bond donors (Lipinski definition) is 12. The molecule has 8 saturated carbocycles.